The van der Waals surface area contributed by atoms with Gasteiger partial charge in [0.15, 0.2) is 0 Å². The lowest BCUT2D eigenvalue weighted by Gasteiger charge is -2.34. The number of aromatic nitrogens is 1. The molecule has 170 valence electrons. The second-order valence-electron chi connectivity index (χ2n) is 8.68. The van der Waals surface area contributed by atoms with Crippen molar-refractivity contribution < 1.29 is 14.3 Å². The summed E-state index contributed by atoms with van der Waals surface area (Å²) in [4.78, 5) is 34.9. The van der Waals surface area contributed by atoms with Crippen molar-refractivity contribution in [3.05, 3.63) is 59.4 Å². The molecule has 0 atom stereocenters. The minimum absolute atomic E-state index is 0.0195. The van der Waals surface area contributed by atoms with Gasteiger partial charge in [-0.05, 0) is 36.8 Å². The Labute approximate surface area is 190 Å². The maximum atomic E-state index is 12.5. The van der Waals surface area contributed by atoms with Crippen molar-refractivity contribution in [1.29, 1.82) is 0 Å². The predicted molar refractivity (Wildman–Crippen MR) is 122 cm³/mol. The SMILES string of the molecule is CC(=O)CCC(=O)N1CCOc2ccc(CN3CCN(Cc4ccccn4)CC3)cc2C1. The molecule has 1 aromatic heterocycles. The molecule has 0 aliphatic carbocycles. The molecule has 2 aliphatic heterocycles. The van der Waals surface area contributed by atoms with Gasteiger partial charge in [0.2, 0.25) is 5.91 Å². The van der Waals surface area contributed by atoms with E-state index in [2.05, 4.69) is 33.0 Å². The average Bonchev–Trinajstić information content (AvgIpc) is 3.01. The van der Waals surface area contributed by atoms with E-state index >= 15 is 0 Å². The molecule has 7 nitrogen and oxygen atoms in total. The molecule has 0 spiro atoms. The van der Waals surface area contributed by atoms with E-state index in [-0.39, 0.29) is 18.1 Å². The van der Waals surface area contributed by atoms with Gasteiger partial charge in [-0.1, -0.05) is 12.1 Å². The largest absolute Gasteiger partial charge is 0.491 e. The zero-order chi connectivity index (χ0) is 22.3. The van der Waals surface area contributed by atoms with E-state index in [0.29, 0.717) is 26.1 Å². The molecule has 0 unspecified atom stereocenters. The van der Waals surface area contributed by atoms with Crippen molar-refractivity contribution in [2.24, 2.45) is 0 Å². The van der Waals surface area contributed by atoms with E-state index in [1.165, 1.54) is 12.5 Å². The van der Waals surface area contributed by atoms with Crippen LogP contribution >= 0.6 is 0 Å². The van der Waals surface area contributed by atoms with Crippen LogP contribution in [0.1, 0.15) is 36.6 Å². The lowest BCUT2D eigenvalue weighted by molar-refractivity contribution is -0.133. The highest BCUT2D eigenvalue weighted by atomic mass is 16.5. The van der Waals surface area contributed by atoms with E-state index in [1.807, 2.05) is 29.3 Å². The van der Waals surface area contributed by atoms with Crippen molar-refractivity contribution in [3.8, 4) is 5.75 Å². The quantitative estimate of drug-likeness (QED) is 0.665. The second-order valence-corrected chi connectivity index (χ2v) is 8.68. The zero-order valence-corrected chi connectivity index (χ0v) is 18.8. The Morgan fingerprint density at radius 1 is 0.969 bits per heavy atom. The lowest BCUT2D eigenvalue weighted by Crippen LogP contribution is -2.45. The first-order valence-corrected chi connectivity index (χ1v) is 11.4. The number of pyridine rings is 1. The van der Waals surface area contributed by atoms with Crippen LogP contribution in [0, 0.1) is 0 Å². The van der Waals surface area contributed by atoms with Crippen LogP contribution in [-0.2, 0) is 29.2 Å². The smallest absolute Gasteiger partial charge is 0.223 e. The van der Waals surface area contributed by atoms with Gasteiger partial charge in [-0.3, -0.25) is 19.6 Å². The molecule has 0 radical (unpaired) electrons. The molecule has 1 amide bonds. The fraction of sp³-hybridized carbons (Fsp3) is 0.480. The molecule has 3 heterocycles. The van der Waals surface area contributed by atoms with Gasteiger partial charge in [-0.25, -0.2) is 0 Å². The number of ether oxygens (including phenoxy) is 1. The molecule has 1 fully saturated rings. The number of fused-ring (bicyclic) bond motifs is 1. The Morgan fingerprint density at radius 2 is 1.75 bits per heavy atom. The molecule has 32 heavy (non-hydrogen) atoms. The summed E-state index contributed by atoms with van der Waals surface area (Å²) in [6.45, 7) is 9.01. The molecule has 1 aromatic carbocycles. The summed E-state index contributed by atoms with van der Waals surface area (Å²) < 4.78 is 5.88. The van der Waals surface area contributed by atoms with Crippen LogP contribution in [0.25, 0.3) is 0 Å². The summed E-state index contributed by atoms with van der Waals surface area (Å²) >= 11 is 0. The highest BCUT2D eigenvalue weighted by Crippen LogP contribution is 2.26. The molecule has 2 aromatic rings. The second kappa shape index (κ2) is 10.7. The van der Waals surface area contributed by atoms with E-state index in [0.717, 1.165) is 56.3 Å². The third-order valence-electron chi connectivity index (χ3n) is 6.13. The molecule has 0 saturated carbocycles. The number of carbonyl (C=O) groups is 2. The van der Waals surface area contributed by atoms with Crippen molar-refractivity contribution in [2.75, 3.05) is 39.3 Å². The van der Waals surface area contributed by atoms with Crippen molar-refractivity contribution in [2.45, 2.75) is 39.4 Å². The monoisotopic (exact) mass is 436 g/mol. The van der Waals surface area contributed by atoms with Gasteiger partial charge in [-0.2, -0.15) is 0 Å². The highest BCUT2D eigenvalue weighted by molar-refractivity contribution is 5.83. The van der Waals surface area contributed by atoms with Gasteiger partial charge < -0.3 is 14.4 Å². The van der Waals surface area contributed by atoms with Gasteiger partial charge in [0.05, 0.1) is 12.2 Å². The molecule has 0 bridgehead atoms. The Kier molecular flexibility index (Phi) is 7.50. The first-order valence-electron chi connectivity index (χ1n) is 11.4. The van der Waals surface area contributed by atoms with E-state index < -0.39 is 0 Å². The van der Waals surface area contributed by atoms with Gasteiger partial charge >= 0.3 is 0 Å². The summed E-state index contributed by atoms with van der Waals surface area (Å²) in [6, 6.07) is 12.4. The van der Waals surface area contributed by atoms with Crippen LogP contribution in [0.2, 0.25) is 0 Å². The summed E-state index contributed by atoms with van der Waals surface area (Å²) in [5.41, 5.74) is 3.41. The predicted octanol–water partition coefficient (Wildman–Crippen LogP) is 2.49. The Balaban J connectivity index is 1.32. The number of piperazine rings is 1. The fourth-order valence-electron chi connectivity index (χ4n) is 4.28. The summed E-state index contributed by atoms with van der Waals surface area (Å²) in [7, 11) is 0. The maximum absolute atomic E-state index is 12.5. The first-order chi connectivity index (χ1) is 15.6. The molecule has 4 rings (SSSR count). The van der Waals surface area contributed by atoms with Gasteiger partial charge in [0.1, 0.15) is 18.1 Å². The molecule has 7 heteroatoms. The zero-order valence-electron chi connectivity index (χ0n) is 18.8. The number of rotatable bonds is 7. The van der Waals surface area contributed by atoms with Crippen molar-refractivity contribution in [3.63, 3.8) is 0 Å². The molecule has 0 N–H and O–H groups in total. The average molecular weight is 437 g/mol. The standard InChI is InChI=1S/C25H32N4O3/c1-20(30)5-8-25(31)29-14-15-32-24-7-6-21(16-22(24)18-29)17-27-10-12-28(13-11-27)19-23-4-2-3-9-26-23/h2-4,6-7,9,16H,5,8,10-15,17-19H2,1H3. The fourth-order valence-corrected chi connectivity index (χ4v) is 4.28. The van der Waals surface area contributed by atoms with Crippen LogP contribution in [-0.4, -0.2) is 70.7 Å². The van der Waals surface area contributed by atoms with E-state index in [4.69, 9.17) is 4.74 Å². The minimum atomic E-state index is 0.0195. The number of hydrogen-bond acceptors (Lipinski definition) is 6. The number of nitrogens with zero attached hydrogens (tertiary/aromatic N) is 4. The Bertz CT molecular complexity index is 926. The van der Waals surface area contributed by atoms with E-state index in [1.54, 1.807) is 0 Å². The number of amides is 1. The van der Waals surface area contributed by atoms with Crippen molar-refractivity contribution >= 4 is 11.7 Å². The molecular formula is C25H32N4O3. The first kappa shape index (κ1) is 22.4. The molecule has 1 saturated heterocycles. The molecular weight excluding hydrogens is 404 g/mol. The topological polar surface area (TPSA) is 66.0 Å². The van der Waals surface area contributed by atoms with Crippen LogP contribution in [0.4, 0.5) is 0 Å². The Morgan fingerprint density at radius 3 is 2.47 bits per heavy atom. The van der Waals surface area contributed by atoms with Crippen LogP contribution in [0.15, 0.2) is 42.6 Å². The summed E-state index contributed by atoms with van der Waals surface area (Å²) in [6.07, 6.45) is 2.42. The van der Waals surface area contributed by atoms with Crippen LogP contribution in [0.5, 0.6) is 5.75 Å². The number of ketones is 1. The normalized spacial score (nSPS) is 17.3. The summed E-state index contributed by atoms with van der Waals surface area (Å²) in [5, 5.41) is 0. The number of carbonyl (C=O) groups excluding carboxylic acids is 2. The third kappa shape index (κ3) is 6.14. The lowest BCUT2D eigenvalue weighted by atomic mass is 10.1. The minimum Gasteiger partial charge on any atom is -0.491 e. The van der Waals surface area contributed by atoms with E-state index in [9.17, 15) is 9.59 Å². The van der Waals surface area contributed by atoms with Crippen molar-refractivity contribution in [1.82, 2.24) is 19.7 Å². The molecule has 2 aliphatic rings. The maximum Gasteiger partial charge on any atom is 0.223 e. The van der Waals surface area contributed by atoms with Crippen LogP contribution < -0.4 is 4.74 Å². The Hall–Kier alpha value is -2.77. The highest BCUT2D eigenvalue weighted by Gasteiger charge is 2.22. The third-order valence-corrected chi connectivity index (χ3v) is 6.13. The number of benzene rings is 1. The van der Waals surface area contributed by atoms with Gasteiger partial charge in [0.25, 0.3) is 0 Å². The van der Waals surface area contributed by atoms with Gasteiger partial charge in [0, 0.05) is 70.4 Å². The van der Waals surface area contributed by atoms with Gasteiger partial charge in [-0.15, -0.1) is 0 Å². The number of hydrogen-bond donors (Lipinski definition) is 0. The van der Waals surface area contributed by atoms with Crippen LogP contribution in [0.3, 0.4) is 0 Å². The number of Topliss-reactive ketones (excluding diaryl/α,β-unsaturated/α-hetero) is 1. The summed E-state index contributed by atoms with van der Waals surface area (Å²) in [5.74, 6) is 0.925.